The van der Waals surface area contributed by atoms with Gasteiger partial charge in [0, 0.05) is 6.42 Å². The molecule has 0 heterocycles. The number of carbonyl (C=O) groups excluding carboxylic acids is 1. The lowest BCUT2D eigenvalue weighted by Crippen LogP contribution is -2.44. The fraction of sp³-hybridized carbons (Fsp3) is 0.867. The van der Waals surface area contributed by atoms with Crippen molar-refractivity contribution in [1.82, 2.24) is 5.32 Å². The fourth-order valence-corrected chi connectivity index (χ4v) is 2.79. The summed E-state index contributed by atoms with van der Waals surface area (Å²) in [6, 6.07) is -0.762. The first-order chi connectivity index (χ1) is 9.00. The minimum atomic E-state index is -0.948. The van der Waals surface area contributed by atoms with Gasteiger partial charge in [0.1, 0.15) is 6.04 Å². The van der Waals surface area contributed by atoms with Crippen LogP contribution in [0.5, 0.6) is 0 Å². The summed E-state index contributed by atoms with van der Waals surface area (Å²) < 4.78 is 0. The van der Waals surface area contributed by atoms with Crippen LogP contribution in [0.1, 0.15) is 65.2 Å². The van der Waals surface area contributed by atoms with Gasteiger partial charge in [-0.05, 0) is 24.7 Å². The summed E-state index contributed by atoms with van der Waals surface area (Å²) in [6.07, 6.45) is 9.03. The Labute approximate surface area is 116 Å². The molecule has 1 aliphatic carbocycles. The lowest BCUT2D eigenvalue weighted by atomic mass is 9.86. The molecule has 0 aromatic rings. The van der Waals surface area contributed by atoms with E-state index in [-0.39, 0.29) is 11.8 Å². The van der Waals surface area contributed by atoms with Gasteiger partial charge in [0.05, 0.1) is 0 Å². The highest BCUT2D eigenvalue weighted by molar-refractivity contribution is 5.83. The van der Waals surface area contributed by atoms with Crippen LogP contribution in [0.3, 0.4) is 0 Å². The molecule has 1 aliphatic rings. The monoisotopic (exact) mass is 269 g/mol. The molecule has 110 valence electrons. The van der Waals surface area contributed by atoms with Gasteiger partial charge in [0.15, 0.2) is 0 Å². The lowest BCUT2D eigenvalue weighted by Gasteiger charge is -2.21. The molecule has 1 unspecified atom stereocenters. The Kier molecular flexibility index (Phi) is 6.89. The van der Waals surface area contributed by atoms with Crippen LogP contribution in [-0.2, 0) is 9.59 Å². The van der Waals surface area contributed by atoms with Crippen molar-refractivity contribution in [2.75, 3.05) is 0 Å². The fourth-order valence-electron chi connectivity index (χ4n) is 2.79. The van der Waals surface area contributed by atoms with Crippen LogP contribution in [-0.4, -0.2) is 23.0 Å². The van der Waals surface area contributed by atoms with Gasteiger partial charge in [-0.15, -0.1) is 0 Å². The predicted octanol–water partition coefficient (Wildman–Crippen LogP) is 2.96. The average Bonchev–Trinajstić information content (AvgIpc) is 2.36. The summed E-state index contributed by atoms with van der Waals surface area (Å²) in [5, 5.41) is 11.6. The molecule has 4 heteroatoms. The summed E-state index contributed by atoms with van der Waals surface area (Å²) in [6.45, 7) is 3.61. The SMILES string of the molecule is CC(C)C(NC(=O)CCCC1CCCCC1)C(=O)O. The van der Waals surface area contributed by atoms with Gasteiger partial charge >= 0.3 is 5.97 Å². The minimum absolute atomic E-state index is 0.0835. The van der Waals surface area contributed by atoms with E-state index >= 15 is 0 Å². The van der Waals surface area contributed by atoms with Crippen LogP contribution < -0.4 is 5.32 Å². The molecule has 0 radical (unpaired) electrons. The zero-order valence-electron chi connectivity index (χ0n) is 12.2. The molecule has 2 N–H and O–H groups in total. The van der Waals surface area contributed by atoms with Gasteiger partial charge in [-0.3, -0.25) is 4.79 Å². The summed E-state index contributed by atoms with van der Waals surface area (Å²) in [7, 11) is 0. The van der Waals surface area contributed by atoms with Crippen LogP contribution in [0, 0.1) is 11.8 Å². The zero-order chi connectivity index (χ0) is 14.3. The van der Waals surface area contributed by atoms with Gasteiger partial charge in [-0.2, -0.15) is 0 Å². The highest BCUT2D eigenvalue weighted by Gasteiger charge is 2.23. The Morgan fingerprint density at radius 3 is 2.37 bits per heavy atom. The quantitative estimate of drug-likeness (QED) is 0.746. The van der Waals surface area contributed by atoms with E-state index in [0.29, 0.717) is 6.42 Å². The maximum Gasteiger partial charge on any atom is 0.326 e. The highest BCUT2D eigenvalue weighted by atomic mass is 16.4. The van der Waals surface area contributed by atoms with Gasteiger partial charge in [-0.1, -0.05) is 46.0 Å². The number of hydrogen-bond acceptors (Lipinski definition) is 2. The van der Waals surface area contributed by atoms with Crippen molar-refractivity contribution in [3.05, 3.63) is 0 Å². The Morgan fingerprint density at radius 2 is 1.84 bits per heavy atom. The van der Waals surface area contributed by atoms with Crippen LogP contribution in [0.25, 0.3) is 0 Å². The van der Waals surface area contributed by atoms with E-state index < -0.39 is 12.0 Å². The van der Waals surface area contributed by atoms with E-state index in [1.165, 1.54) is 32.1 Å². The number of nitrogens with one attached hydrogen (secondary N) is 1. The van der Waals surface area contributed by atoms with Gasteiger partial charge in [0.2, 0.25) is 5.91 Å². The Hall–Kier alpha value is -1.06. The second kappa shape index (κ2) is 8.18. The number of rotatable bonds is 7. The third-order valence-corrected chi connectivity index (χ3v) is 3.99. The molecule has 0 aliphatic heterocycles. The molecule has 0 saturated heterocycles. The number of amides is 1. The van der Waals surface area contributed by atoms with E-state index in [2.05, 4.69) is 5.32 Å². The minimum Gasteiger partial charge on any atom is -0.480 e. The molecule has 1 saturated carbocycles. The molecule has 0 bridgehead atoms. The Bertz CT molecular complexity index is 296. The Morgan fingerprint density at radius 1 is 1.21 bits per heavy atom. The van der Waals surface area contributed by atoms with Crippen LogP contribution in [0.15, 0.2) is 0 Å². The van der Waals surface area contributed by atoms with Crippen LogP contribution in [0.4, 0.5) is 0 Å². The van der Waals surface area contributed by atoms with Crippen molar-refractivity contribution in [2.45, 2.75) is 71.3 Å². The molecular formula is C15H27NO3. The second-order valence-electron chi connectivity index (χ2n) is 6.02. The Balaban J connectivity index is 2.21. The molecule has 1 atom stereocenters. The molecule has 4 nitrogen and oxygen atoms in total. The van der Waals surface area contributed by atoms with E-state index in [1.54, 1.807) is 13.8 Å². The molecular weight excluding hydrogens is 242 g/mol. The smallest absolute Gasteiger partial charge is 0.326 e. The molecule has 19 heavy (non-hydrogen) atoms. The third-order valence-electron chi connectivity index (χ3n) is 3.99. The van der Waals surface area contributed by atoms with Crippen LogP contribution >= 0.6 is 0 Å². The topological polar surface area (TPSA) is 66.4 Å². The first-order valence-corrected chi connectivity index (χ1v) is 7.53. The first kappa shape index (κ1) is 16.0. The van der Waals surface area contributed by atoms with E-state index in [4.69, 9.17) is 5.11 Å². The van der Waals surface area contributed by atoms with E-state index in [0.717, 1.165) is 18.8 Å². The van der Waals surface area contributed by atoms with Crippen molar-refractivity contribution >= 4 is 11.9 Å². The summed E-state index contributed by atoms with van der Waals surface area (Å²) in [5.74, 6) is -0.380. The highest BCUT2D eigenvalue weighted by Crippen LogP contribution is 2.27. The zero-order valence-corrected chi connectivity index (χ0v) is 12.2. The lowest BCUT2D eigenvalue weighted by molar-refractivity contribution is -0.143. The summed E-state index contributed by atoms with van der Waals surface area (Å²) in [5.41, 5.74) is 0. The first-order valence-electron chi connectivity index (χ1n) is 7.53. The number of hydrogen-bond donors (Lipinski definition) is 2. The number of carboxylic acid groups (broad SMARTS) is 1. The van der Waals surface area contributed by atoms with Crippen molar-refractivity contribution in [3.8, 4) is 0 Å². The number of carboxylic acids is 1. The molecule has 0 aromatic carbocycles. The van der Waals surface area contributed by atoms with Gasteiger partial charge in [0.25, 0.3) is 0 Å². The van der Waals surface area contributed by atoms with Gasteiger partial charge < -0.3 is 10.4 Å². The number of carbonyl (C=O) groups is 2. The molecule has 1 fully saturated rings. The second-order valence-corrected chi connectivity index (χ2v) is 6.02. The summed E-state index contributed by atoms with van der Waals surface area (Å²) in [4.78, 5) is 22.7. The number of aliphatic carboxylic acids is 1. The molecule has 1 rings (SSSR count). The van der Waals surface area contributed by atoms with Crippen molar-refractivity contribution in [3.63, 3.8) is 0 Å². The maximum atomic E-state index is 11.7. The predicted molar refractivity (Wildman–Crippen MR) is 74.8 cm³/mol. The normalized spacial score (nSPS) is 18.3. The standard InChI is InChI=1S/C15H27NO3/c1-11(2)14(15(18)19)16-13(17)10-6-9-12-7-4-3-5-8-12/h11-12,14H,3-10H2,1-2H3,(H,16,17)(H,18,19). The molecule has 1 amide bonds. The van der Waals surface area contributed by atoms with Crippen molar-refractivity contribution < 1.29 is 14.7 Å². The summed E-state index contributed by atoms with van der Waals surface area (Å²) >= 11 is 0. The molecule has 0 aromatic heterocycles. The van der Waals surface area contributed by atoms with Crippen molar-refractivity contribution in [2.24, 2.45) is 11.8 Å². The average molecular weight is 269 g/mol. The largest absolute Gasteiger partial charge is 0.480 e. The van der Waals surface area contributed by atoms with Crippen molar-refractivity contribution in [1.29, 1.82) is 0 Å². The molecule has 0 spiro atoms. The van der Waals surface area contributed by atoms with Crippen LogP contribution in [0.2, 0.25) is 0 Å². The third kappa shape index (κ3) is 6.08. The van der Waals surface area contributed by atoms with E-state index in [1.807, 2.05) is 0 Å². The maximum absolute atomic E-state index is 11.7. The van der Waals surface area contributed by atoms with E-state index in [9.17, 15) is 9.59 Å². The van der Waals surface area contributed by atoms with Gasteiger partial charge in [-0.25, -0.2) is 4.79 Å².